The van der Waals surface area contributed by atoms with Gasteiger partial charge in [-0.15, -0.1) is 0 Å². The molecule has 0 unspecified atom stereocenters. The molecule has 2 rings (SSSR count). The minimum absolute atomic E-state index is 0.785. The maximum absolute atomic E-state index is 5.19. The molecule has 0 aliphatic carbocycles. The third-order valence-electron chi connectivity index (χ3n) is 2.43. The summed E-state index contributed by atoms with van der Waals surface area (Å²) in [5, 5.41) is 3.05. The molecular formula is C12H15N3O. The van der Waals surface area contributed by atoms with Crippen molar-refractivity contribution < 1.29 is 4.74 Å². The van der Waals surface area contributed by atoms with Crippen molar-refractivity contribution in [3.8, 4) is 5.75 Å². The Morgan fingerprint density at radius 3 is 3.06 bits per heavy atom. The van der Waals surface area contributed by atoms with Crippen molar-refractivity contribution in [2.45, 2.75) is 6.54 Å². The zero-order chi connectivity index (χ0) is 11.4. The van der Waals surface area contributed by atoms with Crippen LogP contribution in [0, 0.1) is 0 Å². The van der Waals surface area contributed by atoms with Gasteiger partial charge in [0.1, 0.15) is 5.75 Å². The van der Waals surface area contributed by atoms with E-state index in [2.05, 4.69) is 20.9 Å². The zero-order valence-electron chi connectivity index (χ0n) is 9.47. The number of benzene rings is 1. The molecule has 0 saturated carbocycles. The molecule has 0 spiro atoms. The summed E-state index contributed by atoms with van der Waals surface area (Å²) in [5.74, 6) is 1.74. The van der Waals surface area contributed by atoms with Gasteiger partial charge in [-0.1, -0.05) is 12.1 Å². The SMILES string of the molecule is CNc1nccn1Cc1cccc(OC)c1. The fraction of sp³-hybridized carbons (Fsp3) is 0.250. The van der Waals surface area contributed by atoms with Gasteiger partial charge < -0.3 is 14.6 Å². The Labute approximate surface area is 94.9 Å². The van der Waals surface area contributed by atoms with Gasteiger partial charge >= 0.3 is 0 Å². The molecule has 1 aromatic heterocycles. The number of nitrogens with zero attached hydrogens (tertiary/aromatic N) is 2. The van der Waals surface area contributed by atoms with E-state index in [-0.39, 0.29) is 0 Å². The normalized spacial score (nSPS) is 10.1. The summed E-state index contributed by atoms with van der Waals surface area (Å²) in [7, 11) is 3.54. The van der Waals surface area contributed by atoms with Crippen molar-refractivity contribution in [3.63, 3.8) is 0 Å². The Balaban J connectivity index is 2.20. The van der Waals surface area contributed by atoms with Crippen LogP contribution < -0.4 is 10.1 Å². The highest BCUT2D eigenvalue weighted by Crippen LogP contribution is 2.15. The highest BCUT2D eigenvalue weighted by molar-refractivity contribution is 5.31. The smallest absolute Gasteiger partial charge is 0.202 e. The first kappa shape index (κ1) is 10.5. The first-order valence-electron chi connectivity index (χ1n) is 5.15. The van der Waals surface area contributed by atoms with Gasteiger partial charge in [0.2, 0.25) is 5.95 Å². The molecule has 0 aliphatic heterocycles. The Hall–Kier alpha value is -1.97. The maximum Gasteiger partial charge on any atom is 0.202 e. The van der Waals surface area contributed by atoms with E-state index < -0.39 is 0 Å². The largest absolute Gasteiger partial charge is 0.497 e. The van der Waals surface area contributed by atoms with Crippen molar-refractivity contribution in [2.75, 3.05) is 19.5 Å². The Kier molecular flexibility index (Phi) is 3.10. The summed E-state index contributed by atoms with van der Waals surface area (Å²) in [5.41, 5.74) is 1.19. The first-order valence-corrected chi connectivity index (χ1v) is 5.15. The molecule has 1 aromatic carbocycles. The number of nitrogens with one attached hydrogen (secondary N) is 1. The lowest BCUT2D eigenvalue weighted by Gasteiger charge is -2.08. The fourth-order valence-corrected chi connectivity index (χ4v) is 1.63. The number of hydrogen-bond acceptors (Lipinski definition) is 3. The highest BCUT2D eigenvalue weighted by Gasteiger charge is 2.01. The molecule has 4 heteroatoms. The first-order chi connectivity index (χ1) is 7.83. The summed E-state index contributed by atoms with van der Waals surface area (Å²) in [4.78, 5) is 4.19. The van der Waals surface area contributed by atoms with E-state index in [1.54, 1.807) is 13.3 Å². The van der Waals surface area contributed by atoms with Crippen LogP contribution in [0.4, 0.5) is 5.95 Å². The van der Waals surface area contributed by atoms with Crippen molar-refractivity contribution in [1.29, 1.82) is 0 Å². The van der Waals surface area contributed by atoms with Crippen LogP contribution in [0.1, 0.15) is 5.56 Å². The Morgan fingerprint density at radius 2 is 2.31 bits per heavy atom. The monoisotopic (exact) mass is 217 g/mol. The second-order valence-corrected chi connectivity index (χ2v) is 3.48. The molecule has 4 nitrogen and oxygen atoms in total. The number of anilines is 1. The molecule has 0 saturated heterocycles. The van der Waals surface area contributed by atoms with Crippen LogP contribution in [0.15, 0.2) is 36.7 Å². The van der Waals surface area contributed by atoms with Gasteiger partial charge in [-0.25, -0.2) is 4.98 Å². The molecule has 0 atom stereocenters. The van der Waals surface area contributed by atoms with E-state index in [0.717, 1.165) is 18.2 Å². The summed E-state index contributed by atoms with van der Waals surface area (Å²) < 4.78 is 7.24. The van der Waals surface area contributed by atoms with Crippen molar-refractivity contribution in [3.05, 3.63) is 42.2 Å². The minimum atomic E-state index is 0.785. The van der Waals surface area contributed by atoms with E-state index in [9.17, 15) is 0 Å². The van der Waals surface area contributed by atoms with Crippen LogP contribution >= 0.6 is 0 Å². The highest BCUT2D eigenvalue weighted by atomic mass is 16.5. The molecule has 0 bridgehead atoms. The van der Waals surface area contributed by atoms with Gasteiger partial charge in [-0.2, -0.15) is 0 Å². The molecule has 1 N–H and O–H groups in total. The van der Waals surface area contributed by atoms with Gasteiger partial charge in [-0.05, 0) is 17.7 Å². The van der Waals surface area contributed by atoms with Gasteiger partial charge in [0.25, 0.3) is 0 Å². The lowest BCUT2D eigenvalue weighted by atomic mass is 10.2. The average Bonchev–Trinajstić information content (AvgIpc) is 2.76. The average molecular weight is 217 g/mol. The van der Waals surface area contributed by atoms with E-state index >= 15 is 0 Å². The van der Waals surface area contributed by atoms with E-state index in [4.69, 9.17) is 4.74 Å². The number of imidazole rings is 1. The number of rotatable bonds is 4. The Bertz CT molecular complexity index is 465. The number of methoxy groups -OCH3 is 1. The van der Waals surface area contributed by atoms with Gasteiger partial charge in [0.05, 0.1) is 13.7 Å². The van der Waals surface area contributed by atoms with Crippen LogP contribution in [-0.4, -0.2) is 23.7 Å². The van der Waals surface area contributed by atoms with E-state index in [1.165, 1.54) is 5.56 Å². The molecule has 0 fully saturated rings. The lowest BCUT2D eigenvalue weighted by Crippen LogP contribution is -2.04. The second-order valence-electron chi connectivity index (χ2n) is 3.48. The predicted molar refractivity (Wildman–Crippen MR) is 63.9 cm³/mol. The number of ether oxygens (including phenoxy) is 1. The molecule has 0 aliphatic rings. The second kappa shape index (κ2) is 4.70. The molecule has 0 amide bonds. The summed E-state index contributed by atoms with van der Waals surface area (Å²) in [6, 6.07) is 8.03. The third kappa shape index (κ3) is 2.16. The molecule has 16 heavy (non-hydrogen) atoms. The Morgan fingerprint density at radius 1 is 1.44 bits per heavy atom. The quantitative estimate of drug-likeness (QED) is 0.851. The van der Waals surface area contributed by atoms with Crippen LogP contribution in [0.25, 0.3) is 0 Å². The van der Waals surface area contributed by atoms with Gasteiger partial charge in [0, 0.05) is 19.4 Å². The van der Waals surface area contributed by atoms with Crippen LogP contribution in [0.2, 0.25) is 0 Å². The van der Waals surface area contributed by atoms with E-state index in [1.807, 2.05) is 31.4 Å². The molecule has 84 valence electrons. The van der Waals surface area contributed by atoms with Crippen molar-refractivity contribution in [2.24, 2.45) is 0 Å². The molecule has 1 heterocycles. The minimum Gasteiger partial charge on any atom is -0.497 e. The third-order valence-corrected chi connectivity index (χ3v) is 2.43. The van der Waals surface area contributed by atoms with Crippen LogP contribution in [0.5, 0.6) is 5.75 Å². The van der Waals surface area contributed by atoms with Crippen molar-refractivity contribution >= 4 is 5.95 Å². The standard InChI is InChI=1S/C12H15N3O/c1-13-12-14-6-7-15(12)9-10-4-3-5-11(8-10)16-2/h3-8H,9H2,1-2H3,(H,13,14). The van der Waals surface area contributed by atoms with E-state index in [0.29, 0.717) is 0 Å². The zero-order valence-corrected chi connectivity index (χ0v) is 9.47. The van der Waals surface area contributed by atoms with Crippen LogP contribution in [-0.2, 0) is 6.54 Å². The maximum atomic E-state index is 5.19. The summed E-state index contributed by atoms with van der Waals surface area (Å²) in [6.07, 6.45) is 3.73. The number of aromatic nitrogens is 2. The van der Waals surface area contributed by atoms with Crippen molar-refractivity contribution in [1.82, 2.24) is 9.55 Å². The fourth-order valence-electron chi connectivity index (χ4n) is 1.63. The molecular weight excluding hydrogens is 202 g/mol. The lowest BCUT2D eigenvalue weighted by molar-refractivity contribution is 0.414. The van der Waals surface area contributed by atoms with Gasteiger partial charge in [-0.3, -0.25) is 0 Å². The summed E-state index contributed by atoms with van der Waals surface area (Å²) >= 11 is 0. The summed E-state index contributed by atoms with van der Waals surface area (Å²) in [6.45, 7) is 0.785. The molecule has 2 aromatic rings. The topological polar surface area (TPSA) is 39.1 Å². The van der Waals surface area contributed by atoms with Gasteiger partial charge in [0.15, 0.2) is 0 Å². The molecule has 0 radical (unpaired) electrons. The predicted octanol–water partition coefficient (Wildman–Crippen LogP) is 1.98. The number of hydrogen-bond donors (Lipinski definition) is 1. The van der Waals surface area contributed by atoms with Crippen LogP contribution in [0.3, 0.4) is 0 Å².